The van der Waals surface area contributed by atoms with Crippen LogP contribution in [0.1, 0.15) is 88.4 Å². The first-order valence-electron chi connectivity index (χ1n) is 12.6. The fraction of sp³-hybridized carbons (Fsp3) is 0.571. The molecule has 2 aliphatic rings. The molecule has 2 aromatic carbocycles. The van der Waals surface area contributed by atoms with Gasteiger partial charge in [0.15, 0.2) is 23.3 Å². The molecule has 1 aliphatic carbocycles. The zero-order valence-electron chi connectivity index (χ0n) is 20.0. The maximum Gasteiger partial charge on any atom is 0.167 e. The Morgan fingerprint density at radius 1 is 0.765 bits per heavy atom. The smallest absolute Gasteiger partial charge is 0.167 e. The molecule has 0 aromatic heterocycles. The molecule has 1 aliphatic heterocycles. The number of rotatable bonds is 7. The summed E-state index contributed by atoms with van der Waals surface area (Å²) in [7, 11) is 0. The van der Waals surface area contributed by atoms with Gasteiger partial charge in [-0.15, -0.1) is 0 Å². The van der Waals surface area contributed by atoms with Crippen LogP contribution < -0.4 is 0 Å². The molecule has 0 spiro atoms. The maximum absolute atomic E-state index is 15.1. The van der Waals surface area contributed by atoms with Gasteiger partial charge in [0, 0.05) is 23.3 Å². The largest absolute Gasteiger partial charge is 0.379 e. The summed E-state index contributed by atoms with van der Waals surface area (Å²) in [6.45, 7) is 5.22. The molecule has 1 heterocycles. The van der Waals surface area contributed by atoms with E-state index in [1.54, 1.807) is 0 Å². The average Bonchev–Trinajstić information content (AvgIpc) is 2.85. The predicted molar refractivity (Wildman–Crippen MR) is 125 cm³/mol. The Morgan fingerprint density at radius 2 is 1.38 bits per heavy atom. The SMILES string of the molecule is CCCC1CCC(c2ccc(-c3ccc(C4CCC(OCC)CC4)c(F)c3F)c(F)c2F)OC1. The van der Waals surface area contributed by atoms with Crippen molar-refractivity contribution in [1.82, 2.24) is 0 Å². The van der Waals surface area contributed by atoms with Crippen LogP contribution in [0.2, 0.25) is 0 Å². The van der Waals surface area contributed by atoms with Crippen molar-refractivity contribution in [1.29, 1.82) is 0 Å². The molecule has 1 saturated carbocycles. The highest BCUT2D eigenvalue weighted by atomic mass is 19.2. The van der Waals surface area contributed by atoms with Crippen molar-refractivity contribution in [2.45, 2.75) is 83.3 Å². The van der Waals surface area contributed by atoms with Gasteiger partial charge in [-0.05, 0) is 69.3 Å². The van der Waals surface area contributed by atoms with E-state index in [1.807, 2.05) is 6.92 Å². The van der Waals surface area contributed by atoms with Gasteiger partial charge in [0.25, 0.3) is 0 Å². The van der Waals surface area contributed by atoms with Crippen molar-refractivity contribution in [2.24, 2.45) is 5.92 Å². The lowest BCUT2D eigenvalue weighted by molar-refractivity contribution is -0.0214. The standard InChI is InChI=1S/C28H34F4O2/c1-3-5-17-6-15-24(34-16-17)23-14-13-22(27(31)28(23)32)21-12-11-20(25(29)26(21)30)18-7-9-19(10-8-18)33-4-2/h11-14,17-19,24H,3-10,15-16H2,1-2H3. The third-order valence-corrected chi connectivity index (χ3v) is 7.44. The van der Waals surface area contributed by atoms with Crippen molar-refractivity contribution in [3.8, 4) is 11.1 Å². The molecule has 186 valence electrons. The lowest BCUT2D eigenvalue weighted by Gasteiger charge is -2.29. The summed E-state index contributed by atoms with van der Waals surface area (Å²) in [5.41, 5.74) is -0.102. The van der Waals surface area contributed by atoms with Crippen LogP contribution in [0, 0.1) is 29.2 Å². The Labute approximate surface area is 199 Å². The number of ether oxygens (including phenoxy) is 2. The average molecular weight is 479 g/mol. The fourth-order valence-electron chi connectivity index (χ4n) is 5.57. The molecule has 2 unspecified atom stereocenters. The molecule has 4 rings (SSSR count). The zero-order chi connectivity index (χ0) is 24.2. The summed E-state index contributed by atoms with van der Waals surface area (Å²) in [5, 5.41) is 0. The normalized spacial score (nSPS) is 25.5. The Morgan fingerprint density at radius 3 is 1.94 bits per heavy atom. The van der Waals surface area contributed by atoms with Gasteiger partial charge in [-0.3, -0.25) is 0 Å². The fourth-order valence-corrected chi connectivity index (χ4v) is 5.57. The van der Waals surface area contributed by atoms with Crippen LogP contribution in [-0.4, -0.2) is 19.3 Å². The van der Waals surface area contributed by atoms with Gasteiger partial charge in [-0.1, -0.05) is 37.6 Å². The third kappa shape index (κ3) is 5.18. The molecule has 2 atom stereocenters. The maximum atomic E-state index is 15.1. The van der Waals surface area contributed by atoms with Gasteiger partial charge in [-0.2, -0.15) is 0 Å². The number of halogens is 4. The van der Waals surface area contributed by atoms with E-state index >= 15 is 13.2 Å². The molecule has 2 fully saturated rings. The Hall–Kier alpha value is -1.92. The number of benzene rings is 2. The second kappa shape index (κ2) is 11.2. The van der Waals surface area contributed by atoms with E-state index in [0.29, 0.717) is 44.0 Å². The van der Waals surface area contributed by atoms with E-state index in [2.05, 4.69) is 6.92 Å². The van der Waals surface area contributed by atoms with Crippen molar-refractivity contribution >= 4 is 0 Å². The van der Waals surface area contributed by atoms with Gasteiger partial charge in [0.2, 0.25) is 0 Å². The first-order chi connectivity index (χ1) is 16.4. The molecule has 6 heteroatoms. The van der Waals surface area contributed by atoms with E-state index in [0.717, 1.165) is 32.1 Å². The minimum Gasteiger partial charge on any atom is -0.379 e. The first-order valence-corrected chi connectivity index (χ1v) is 12.6. The second-order valence-electron chi connectivity index (χ2n) is 9.64. The molecule has 0 N–H and O–H groups in total. The summed E-state index contributed by atoms with van der Waals surface area (Å²) in [4.78, 5) is 0. The topological polar surface area (TPSA) is 18.5 Å². The highest BCUT2D eigenvalue weighted by Gasteiger charge is 2.30. The lowest BCUT2D eigenvalue weighted by Crippen LogP contribution is -2.21. The van der Waals surface area contributed by atoms with Gasteiger partial charge in [0.05, 0.1) is 18.8 Å². The van der Waals surface area contributed by atoms with E-state index in [1.165, 1.54) is 24.3 Å². The molecule has 0 bridgehead atoms. The van der Waals surface area contributed by atoms with Crippen molar-refractivity contribution in [2.75, 3.05) is 13.2 Å². The first kappa shape index (κ1) is 25.2. The van der Waals surface area contributed by atoms with E-state index in [9.17, 15) is 4.39 Å². The molecular formula is C28H34F4O2. The van der Waals surface area contributed by atoms with Crippen LogP contribution in [0.4, 0.5) is 17.6 Å². The summed E-state index contributed by atoms with van der Waals surface area (Å²) in [6, 6.07) is 5.66. The highest BCUT2D eigenvalue weighted by Crippen LogP contribution is 2.40. The van der Waals surface area contributed by atoms with Crippen LogP contribution in [0.15, 0.2) is 24.3 Å². The summed E-state index contributed by atoms with van der Waals surface area (Å²) in [5.74, 6) is -3.98. The molecule has 1 saturated heterocycles. The predicted octanol–water partition coefficient (Wildman–Crippen LogP) is 8.24. The van der Waals surface area contributed by atoms with Crippen molar-refractivity contribution in [3.05, 3.63) is 58.7 Å². The molecular weight excluding hydrogens is 444 g/mol. The molecule has 34 heavy (non-hydrogen) atoms. The van der Waals surface area contributed by atoms with Gasteiger partial charge < -0.3 is 9.47 Å². The molecule has 2 aromatic rings. The second-order valence-corrected chi connectivity index (χ2v) is 9.64. The quantitative estimate of drug-likeness (QED) is 0.373. The minimum absolute atomic E-state index is 0.107. The lowest BCUT2D eigenvalue weighted by atomic mass is 9.82. The third-order valence-electron chi connectivity index (χ3n) is 7.44. The van der Waals surface area contributed by atoms with E-state index in [4.69, 9.17) is 9.47 Å². The molecule has 2 nitrogen and oxygen atoms in total. The monoisotopic (exact) mass is 478 g/mol. The molecule has 0 amide bonds. The van der Waals surface area contributed by atoms with Gasteiger partial charge in [0.1, 0.15) is 0 Å². The Bertz CT molecular complexity index is 897. The Balaban J connectivity index is 1.53. The van der Waals surface area contributed by atoms with Gasteiger partial charge in [-0.25, -0.2) is 17.6 Å². The minimum atomic E-state index is -1.17. The van der Waals surface area contributed by atoms with Crippen molar-refractivity contribution < 1.29 is 27.0 Å². The van der Waals surface area contributed by atoms with Crippen LogP contribution >= 0.6 is 0 Å². The number of hydrogen-bond acceptors (Lipinski definition) is 2. The number of hydrogen-bond donors (Lipinski definition) is 0. The zero-order valence-corrected chi connectivity index (χ0v) is 20.0. The molecule has 0 radical (unpaired) electrons. The van der Waals surface area contributed by atoms with Crippen LogP contribution in [0.5, 0.6) is 0 Å². The van der Waals surface area contributed by atoms with E-state index < -0.39 is 29.4 Å². The van der Waals surface area contributed by atoms with Gasteiger partial charge >= 0.3 is 0 Å². The van der Waals surface area contributed by atoms with Crippen molar-refractivity contribution in [3.63, 3.8) is 0 Å². The van der Waals surface area contributed by atoms with Crippen LogP contribution in [0.25, 0.3) is 11.1 Å². The van der Waals surface area contributed by atoms with Crippen LogP contribution in [-0.2, 0) is 9.47 Å². The highest BCUT2D eigenvalue weighted by molar-refractivity contribution is 5.66. The Kier molecular flexibility index (Phi) is 8.30. The summed E-state index contributed by atoms with van der Waals surface area (Å²) < 4.78 is 71.6. The van der Waals surface area contributed by atoms with Crippen LogP contribution in [0.3, 0.4) is 0 Å². The van der Waals surface area contributed by atoms with E-state index in [-0.39, 0.29) is 28.7 Å². The summed E-state index contributed by atoms with van der Waals surface area (Å²) >= 11 is 0. The summed E-state index contributed by atoms with van der Waals surface area (Å²) in [6.07, 6.45) is 6.27.